The SMILES string of the molecule is CCC(=O)N1CCN(c2nc(NC3COC3)cc(C(=O)NCC(O)CN3CCc4cc(OCc5cnco5)ccc4C3)n2)CC1. The maximum absolute atomic E-state index is 13.2. The van der Waals surface area contributed by atoms with E-state index in [2.05, 4.69) is 42.6 Å². The molecule has 6 rings (SSSR count). The largest absolute Gasteiger partial charge is 0.486 e. The summed E-state index contributed by atoms with van der Waals surface area (Å²) < 4.78 is 16.3. The molecule has 1 aromatic carbocycles. The number of ether oxygens (including phenoxy) is 2. The number of aromatic nitrogens is 3. The normalized spacial score (nSPS) is 17.7. The van der Waals surface area contributed by atoms with Crippen LogP contribution < -0.4 is 20.3 Å². The van der Waals surface area contributed by atoms with Gasteiger partial charge in [-0.3, -0.25) is 14.5 Å². The molecule has 14 nitrogen and oxygen atoms in total. The van der Waals surface area contributed by atoms with Gasteiger partial charge in [0.15, 0.2) is 12.2 Å². The van der Waals surface area contributed by atoms with Crippen molar-refractivity contribution in [2.75, 3.05) is 69.2 Å². The zero-order valence-corrected chi connectivity index (χ0v) is 25.5. The molecule has 0 spiro atoms. The number of fused-ring (bicyclic) bond motifs is 1. The van der Waals surface area contributed by atoms with Crippen molar-refractivity contribution in [3.63, 3.8) is 0 Å². The second kappa shape index (κ2) is 14.2. The number of benzene rings is 1. The summed E-state index contributed by atoms with van der Waals surface area (Å²) in [5, 5.41) is 17.0. The van der Waals surface area contributed by atoms with Crippen LogP contribution in [0.2, 0.25) is 0 Å². The average Bonchev–Trinajstić information content (AvgIpc) is 3.58. The minimum atomic E-state index is -0.754. The number of aliphatic hydroxyl groups is 1. The number of hydrogen-bond acceptors (Lipinski definition) is 12. The summed E-state index contributed by atoms with van der Waals surface area (Å²) >= 11 is 0. The van der Waals surface area contributed by atoms with Gasteiger partial charge in [-0.2, -0.15) is 4.98 Å². The van der Waals surface area contributed by atoms with Crippen LogP contribution >= 0.6 is 0 Å². The molecule has 2 saturated heterocycles. The highest BCUT2D eigenvalue weighted by Crippen LogP contribution is 2.25. The summed E-state index contributed by atoms with van der Waals surface area (Å²) in [6.45, 7) is 7.66. The molecule has 3 aromatic rings. The quantitative estimate of drug-likeness (QED) is 0.265. The maximum atomic E-state index is 13.2. The second-order valence-corrected chi connectivity index (χ2v) is 11.6. The van der Waals surface area contributed by atoms with Gasteiger partial charge >= 0.3 is 0 Å². The van der Waals surface area contributed by atoms with Gasteiger partial charge in [0, 0.05) is 64.8 Å². The van der Waals surface area contributed by atoms with Gasteiger partial charge in [0.2, 0.25) is 11.9 Å². The van der Waals surface area contributed by atoms with Crippen molar-refractivity contribution >= 4 is 23.6 Å². The molecular weight excluding hydrogens is 580 g/mol. The van der Waals surface area contributed by atoms with E-state index < -0.39 is 6.10 Å². The topological polar surface area (TPSA) is 158 Å². The van der Waals surface area contributed by atoms with Crippen LogP contribution in [0.15, 0.2) is 41.3 Å². The highest BCUT2D eigenvalue weighted by atomic mass is 16.5. The smallest absolute Gasteiger partial charge is 0.270 e. The van der Waals surface area contributed by atoms with Crippen molar-refractivity contribution in [1.82, 2.24) is 30.1 Å². The van der Waals surface area contributed by atoms with E-state index in [9.17, 15) is 14.7 Å². The highest BCUT2D eigenvalue weighted by molar-refractivity contribution is 5.93. The van der Waals surface area contributed by atoms with Gasteiger partial charge in [0.25, 0.3) is 5.91 Å². The lowest BCUT2D eigenvalue weighted by atomic mass is 9.99. The van der Waals surface area contributed by atoms with E-state index in [4.69, 9.17) is 13.9 Å². The first-order valence-corrected chi connectivity index (χ1v) is 15.5. The van der Waals surface area contributed by atoms with E-state index in [-0.39, 0.29) is 30.1 Å². The van der Waals surface area contributed by atoms with Crippen LogP contribution in [-0.2, 0) is 29.1 Å². The lowest BCUT2D eigenvalue weighted by Crippen LogP contribution is -2.49. The Kier molecular flexibility index (Phi) is 9.72. The monoisotopic (exact) mass is 620 g/mol. The van der Waals surface area contributed by atoms with Crippen LogP contribution in [0, 0.1) is 0 Å². The number of anilines is 2. The number of carbonyl (C=O) groups excluding carboxylic acids is 2. The Morgan fingerprint density at radius 3 is 2.69 bits per heavy atom. The van der Waals surface area contributed by atoms with Crippen LogP contribution in [0.1, 0.15) is 40.7 Å². The summed E-state index contributed by atoms with van der Waals surface area (Å²) in [5.41, 5.74) is 2.63. The van der Waals surface area contributed by atoms with Crippen molar-refractivity contribution in [2.45, 2.75) is 45.1 Å². The van der Waals surface area contributed by atoms with Gasteiger partial charge in [0.05, 0.1) is 31.6 Å². The zero-order chi connectivity index (χ0) is 31.2. The van der Waals surface area contributed by atoms with E-state index in [1.165, 1.54) is 17.5 Å². The van der Waals surface area contributed by atoms with Gasteiger partial charge < -0.3 is 39.4 Å². The van der Waals surface area contributed by atoms with Crippen LogP contribution in [0.25, 0.3) is 0 Å². The first kappa shape index (κ1) is 30.7. The number of rotatable bonds is 12. The number of piperazine rings is 1. The summed E-state index contributed by atoms with van der Waals surface area (Å²) in [5.74, 6) is 2.18. The number of oxazole rings is 1. The van der Waals surface area contributed by atoms with Gasteiger partial charge in [-0.15, -0.1) is 0 Å². The third-order valence-electron chi connectivity index (χ3n) is 8.26. The van der Waals surface area contributed by atoms with Crippen LogP contribution in [-0.4, -0.2) is 113 Å². The molecule has 3 aliphatic rings. The standard InChI is InChI=1S/C31H40N8O6/c1-2-29(41)38-7-9-39(10-8-38)31-35-27(12-28(36-31)34-23-17-43-18-23)30(42)33-13-24(40)16-37-6-5-21-11-25(4-3-22(21)15-37)44-19-26-14-32-20-45-26/h3-4,11-12,14,20,23-24,40H,2,5-10,13,15-19H2,1H3,(H,33,42)(H,34,35,36). The Hall–Kier alpha value is -4.27. The molecule has 2 amide bonds. The van der Waals surface area contributed by atoms with Gasteiger partial charge in [-0.05, 0) is 29.7 Å². The van der Waals surface area contributed by atoms with E-state index in [1.807, 2.05) is 22.8 Å². The fourth-order valence-corrected chi connectivity index (χ4v) is 5.64. The molecular formula is C31H40N8O6. The van der Waals surface area contributed by atoms with Crippen molar-refractivity contribution in [3.05, 3.63) is 59.4 Å². The van der Waals surface area contributed by atoms with E-state index in [0.717, 1.165) is 18.7 Å². The average molecular weight is 621 g/mol. The first-order valence-electron chi connectivity index (χ1n) is 15.5. The molecule has 1 unspecified atom stereocenters. The lowest BCUT2D eigenvalue weighted by Gasteiger charge is -2.35. The molecule has 3 aliphatic heterocycles. The summed E-state index contributed by atoms with van der Waals surface area (Å²) in [7, 11) is 0. The Morgan fingerprint density at radius 2 is 1.96 bits per heavy atom. The summed E-state index contributed by atoms with van der Waals surface area (Å²) in [6.07, 6.45) is 3.57. The fourth-order valence-electron chi connectivity index (χ4n) is 5.64. The third-order valence-corrected chi connectivity index (χ3v) is 8.26. The molecule has 3 N–H and O–H groups in total. The Balaban J connectivity index is 1.02. The highest BCUT2D eigenvalue weighted by Gasteiger charge is 2.26. The number of hydrogen-bond donors (Lipinski definition) is 3. The second-order valence-electron chi connectivity index (χ2n) is 11.6. The number of amides is 2. The van der Waals surface area contributed by atoms with Gasteiger partial charge in [-0.25, -0.2) is 9.97 Å². The van der Waals surface area contributed by atoms with Gasteiger partial charge in [-0.1, -0.05) is 13.0 Å². The molecule has 5 heterocycles. The van der Waals surface area contributed by atoms with Crippen molar-refractivity contribution in [2.24, 2.45) is 0 Å². The van der Waals surface area contributed by atoms with E-state index in [1.54, 1.807) is 12.3 Å². The third kappa shape index (κ3) is 7.88. The number of carbonyl (C=O) groups is 2. The molecule has 2 fully saturated rings. The van der Waals surface area contributed by atoms with Crippen LogP contribution in [0.4, 0.5) is 11.8 Å². The first-order chi connectivity index (χ1) is 21.9. The molecule has 45 heavy (non-hydrogen) atoms. The minimum absolute atomic E-state index is 0.0902. The molecule has 0 aliphatic carbocycles. The molecule has 14 heteroatoms. The summed E-state index contributed by atoms with van der Waals surface area (Å²) in [6, 6.07) is 7.81. The predicted molar refractivity (Wildman–Crippen MR) is 164 cm³/mol. The van der Waals surface area contributed by atoms with Crippen LogP contribution in [0.5, 0.6) is 5.75 Å². The van der Waals surface area contributed by atoms with E-state index >= 15 is 0 Å². The Bertz CT molecular complexity index is 1460. The minimum Gasteiger partial charge on any atom is -0.486 e. The number of nitrogens with one attached hydrogen (secondary N) is 2. The predicted octanol–water partition coefficient (Wildman–Crippen LogP) is 1.06. The molecule has 0 radical (unpaired) electrons. The number of aliphatic hydroxyl groups excluding tert-OH is 1. The Morgan fingerprint density at radius 1 is 1.11 bits per heavy atom. The lowest BCUT2D eigenvalue weighted by molar-refractivity contribution is -0.131. The summed E-state index contributed by atoms with van der Waals surface area (Å²) in [4.78, 5) is 44.5. The molecule has 0 bridgehead atoms. The van der Waals surface area contributed by atoms with Crippen molar-refractivity contribution in [1.29, 1.82) is 0 Å². The maximum Gasteiger partial charge on any atom is 0.270 e. The number of β-amino-alcohol motifs (C(OH)–C–C–N with tert-alkyl or cyclic N) is 1. The number of nitrogens with zero attached hydrogens (tertiary/aromatic N) is 6. The van der Waals surface area contributed by atoms with Gasteiger partial charge in [0.1, 0.15) is 23.9 Å². The molecule has 1 atom stereocenters. The zero-order valence-electron chi connectivity index (χ0n) is 25.5. The Labute approximate surface area is 261 Å². The molecule has 2 aromatic heterocycles. The van der Waals surface area contributed by atoms with Crippen molar-refractivity contribution in [3.8, 4) is 5.75 Å². The fraction of sp³-hybridized carbons (Fsp3) is 0.516. The molecule has 240 valence electrons. The van der Waals surface area contributed by atoms with Crippen LogP contribution in [0.3, 0.4) is 0 Å². The molecule has 0 saturated carbocycles. The van der Waals surface area contributed by atoms with E-state index in [0.29, 0.717) is 83.0 Å². The van der Waals surface area contributed by atoms with Crippen molar-refractivity contribution < 1.29 is 28.6 Å².